The Balaban J connectivity index is 1.22. The lowest BCUT2D eigenvalue weighted by Gasteiger charge is -2.38. The highest BCUT2D eigenvalue weighted by Gasteiger charge is 2.30. The topological polar surface area (TPSA) is 65.7 Å². The summed E-state index contributed by atoms with van der Waals surface area (Å²) in [5.41, 5.74) is 3.32. The van der Waals surface area contributed by atoms with Crippen LogP contribution < -0.4 is 0 Å². The molecule has 7 nitrogen and oxygen atoms in total. The number of aryl methyl sites for hydroxylation is 3. The first-order valence-electron chi connectivity index (χ1n) is 10.6. The molecule has 0 radical (unpaired) electrons. The molecule has 4 rings (SSSR count). The summed E-state index contributed by atoms with van der Waals surface area (Å²) >= 11 is 1.71. The van der Waals surface area contributed by atoms with E-state index in [1.165, 1.54) is 5.56 Å². The molecule has 0 unspecified atom stereocenters. The molecule has 158 valence electrons. The van der Waals surface area contributed by atoms with E-state index in [4.69, 9.17) is 4.52 Å². The van der Waals surface area contributed by atoms with Crippen molar-refractivity contribution >= 4 is 17.2 Å². The summed E-state index contributed by atoms with van der Waals surface area (Å²) in [6, 6.07) is 0. The predicted molar refractivity (Wildman–Crippen MR) is 113 cm³/mol. The molecule has 2 saturated heterocycles. The van der Waals surface area contributed by atoms with Crippen LogP contribution in [0.25, 0.3) is 0 Å². The third-order valence-electron chi connectivity index (χ3n) is 6.24. The van der Waals surface area contributed by atoms with Gasteiger partial charge in [0.15, 0.2) is 0 Å². The maximum absolute atomic E-state index is 13.0. The van der Waals surface area contributed by atoms with Crippen LogP contribution in [0.1, 0.15) is 40.6 Å². The first kappa shape index (κ1) is 20.5. The second kappa shape index (κ2) is 8.93. The summed E-state index contributed by atoms with van der Waals surface area (Å²) in [7, 11) is 0. The van der Waals surface area contributed by atoms with Crippen LogP contribution >= 0.6 is 11.3 Å². The van der Waals surface area contributed by atoms with Crippen LogP contribution in [0.4, 0.5) is 0 Å². The standard InChI is InChI=1S/C21H31N5O2S/c1-15-20(16(2)28-23-15)13-25-8-10-26(11-9-25)21(27)18-4-6-24(7-5-18)12-19-14-29-17(3)22-19/h14,18H,4-13H2,1-3H3. The normalized spacial score (nSPS) is 19.8. The zero-order chi connectivity index (χ0) is 20.4. The van der Waals surface area contributed by atoms with Crippen LogP contribution in [0.3, 0.4) is 0 Å². The zero-order valence-corrected chi connectivity index (χ0v) is 18.5. The number of hydrogen-bond donors (Lipinski definition) is 0. The van der Waals surface area contributed by atoms with E-state index in [9.17, 15) is 4.79 Å². The van der Waals surface area contributed by atoms with Crippen LogP contribution in [0.5, 0.6) is 0 Å². The van der Waals surface area contributed by atoms with Crippen molar-refractivity contribution < 1.29 is 9.32 Å². The highest BCUT2D eigenvalue weighted by molar-refractivity contribution is 7.09. The van der Waals surface area contributed by atoms with Crippen molar-refractivity contribution in [2.45, 2.75) is 46.7 Å². The van der Waals surface area contributed by atoms with Crippen molar-refractivity contribution in [1.82, 2.24) is 24.8 Å². The average Bonchev–Trinajstić information content (AvgIpc) is 3.28. The van der Waals surface area contributed by atoms with Gasteiger partial charge in [-0.15, -0.1) is 11.3 Å². The Hall–Kier alpha value is -1.77. The summed E-state index contributed by atoms with van der Waals surface area (Å²) in [6.45, 7) is 13.2. The molecule has 0 atom stereocenters. The second-order valence-corrected chi connectivity index (χ2v) is 9.37. The van der Waals surface area contributed by atoms with E-state index in [-0.39, 0.29) is 5.92 Å². The minimum atomic E-state index is 0.178. The quantitative estimate of drug-likeness (QED) is 0.745. The number of carbonyl (C=O) groups excluding carboxylic acids is 1. The highest BCUT2D eigenvalue weighted by Crippen LogP contribution is 2.23. The molecule has 8 heteroatoms. The van der Waals surface area contributed by atoms with Crippen molar-refractivity contribution in [1.29, 1.82) is 0 Å². The van der Waals surface area contributed by atoms with E-state index in [1.807, 2.05) is 20.8 Å². The third kappa shape index (κ3) is 4.87. The van der Waals surface area contributed by atoms with Gasteiger partial charge in [0.1, 0.15) is 5.76 Å². The lowest BCUT2D eigenvalue weighted by Crippen LogP contribution is -2.51. The van der Waals surface area contributed by atoms with Crippen LogP contribution in [0.15, 0.2) is 9.90 Å². The number of amides is 1. The molecule has 4 heterocycles. The molecule has 2 aromatic heterocycles. The highest BCUT2D eigenvalue weighted by atomic mass is 32.1. The minimum Gasteiger partial charge on any atom is -0.361 e. The fourth-order valence-corrected chi connectivity index (χ4v) is 4.99. The SMILES string of the molecule is Cc1nc(CN2CCC(C(=O)N3CCN(Cc4c(C)noc4C)CC3)CC2)cs1. The molecule has 29 heavy (non-hydrogen) atoms. The Kier molecular flexibility index (Phi) is 6.32. The lowest BCUT2D eigenvalue weighted by molar-refractivity contribution is -0.139. The number of aromatic nitrogens is 2. The summed E-state index contributed by atoms with van der Waals surface area (Å²) in [4.78, 5) is 24.5. The summed E-state index contributed by atoms with van der Waals surface area (Å²) < 4.78 is 5.27. The molecule has 0 aliphatic carbocycles. The number of likely N-dealkylation sites (tertiary alicyclic amines) is 1. The minimum absolute atomic E-state index is 0.178. The smallest absolute Gasteiger partial charge is 0.225 e. The van der Waals surface area contributed by atoms with E-state index in [0.29, 0.717) is 5.91 Å². The number of carbonyl (C=O) groups is 1. The monoisotopic (exact) mass is 417 g/mol. The largest absolute Gasteiger partial charge is 0.361 e. The van der Waals surface area contributed by atoms with Crippen molar-refractivity contribution in [2.75, 3.05) is 39.3 Å². The van der Waals surface area contributed by atoms with Crippen molar-refractivity contribution in [2.24, 2.45) is 5.92 Å². The van der Waals surface area contributed by atoms with Gasteiger partial charge in [0.05, 0.1) is 16.4 Å². The molecule has 0 bridgehead atoms. The molecule has 2 aromatic rings. The Morgan fingerprint density at radius 2 is 1.76 bits per heavy atom. The molecule has 0 N–H and O–H groups in total. The van der Waals surface area contributed by atoms with Gasteiger partial charge < -0.3 is 9.42 Å². The number of rotatable bonds is 5. The first-order valence-corrected chi connectivity index (χ1v) is 11.4. The molecule has 2 fully saturated rings. The third-order valence-corrected chi connectivity index (χ3v) is 7.06. The summed E-state index contributed by atoms with van der Waals surface area (Å²) in [5.74, 6) is 1.43. The number of piperazine rings is 1. The van der Waals surface area contributed by atoms with Gasteiger partial charge >= 0.3 is 0 Å². The number of hydrogen-bond acceptors (Lipinski definition) is 7. The Morgan fingerprint density at radius 3 is 2.34 bits per heavy atom. The lowest BCUT2D eigenvalue weighted by atomic mass is 9.95. The van der Waals surface area contributed by atoms with Crippen molar-refractivity contribution in [3.05, 3.63) is 33.1 Å². The van der Waals surface area contributed by atoms with Crippen molar-refractivity contribution in [3.63, 3.8) is 0 Å². The van der Waals surface area contributed by atoms with Crippen LogP contribution in [-0.2, 0) is 17.9 Å². The summed E-state index contributed by atoms with van der Waals surface area (Å²) in [6.07, 6.45) is 1.92. The second-order valence-electron chi connectivity index (χ2n) is 8.31. The van der Waals surface area contributed by atoms with Crippen LogP contribution in [0.2, 0.25) is 0 Å². The first-order chi connectivity index (χ1) is 14.0. The maximum atomic E-state index is 13.0. The number of nitrogens with zero attached hydrogens (tertiary/aromatic N) is 5. The molecular weight excluding hydrogens is 386 g/mol. The molecule has 1 amide bonds. The van der Waals surface area contributed by atoms with Gasteiger partial charge in [-0.05, 0) is 46.7 Å². The van der Waals surface area contributed by atoms with Gasteiger partial charge in [0, 0.05) is 56.1 Å². The van der Waals surface area contributed by atoms with Gasteiger partial charge in [0.2, 0.25) is 5.91 Å². The number of piperidine rings is 1. The Morgan fingerprint density at radius 1 is 1.07 bits per heavy atom. The van der Waals surface area contributed by atoms with Gasteiger partial charge in [-0.25, -0.2) is 4.98 Å². The van der Waals surface area contributed by atoms with Crippen LogP contribution in [-0.4, -0.2) is 70.0 Å². The molecule has 2 aliphatic rings. The Labute approximate surface area is 176 Å². The number of thiazole rings is 1. The molecular formula is C21H31N5O2S. The molecule has 2 aliphatic heterocycles. The van der Waals surface area contributed by atoms with Gasteiger partial charge in [-0.1, -0.05) is 5.16 Å². The molecule has 0 saturated carbocycles. The fraction of sp³-hybridized carbons (Fsp3) is 0.667. The van der Waals surface area contributed by atoms with E-state index >= 15 is 0 Å². The fourth-order valence-electron chi connectivity index (χ4n) is 4.38. The van der Waals surface area contributed by atoms with E-state index < -0.39 is 0 Å². The molecule has 0 aromatic carbocycles. The van der Waals surface area contributed by atoms with E-state index in [1.54, 1.807) is 11.3 Å². The molecule has 0 spiro atoms. The predicted octanol–water partition coefficient (Wildman–Crippen LogP) is 2.61. The Bertz CT molecular complexity index is 812. The van der Waals surface area contributed by atoms with Gasteiger partial charge in [-0.3, -0.25) is 14.6 Å². The van der Waals surface area contributed by atoms with E-state index in [2.05, 4.69) is 30.2 Å². The van der Waals surface area contributed by atoms with Crippen LogP contribution in [0, 0.1) is 26.7 Å². The summed E-state index contributed by atoms with van der Waals surface area (Å²) in [5, 5.41) is 7.32. The van der Waals surface area contributed by atoms with Gasteiger partial charge in [-0.2, -0.15) is 0 Å². The van der Waals surface area contributed by atoms with Gasteiger partial charge in [0.25, 0.3) is 0 Å². The van der Waals surface area contributed by atoms with Crippen molar-refractivity contribution in [3.8, 4) is 0 Å². The maximum Gasteiger partial charge on any atom is 0.225 e. The zero-order valence-electron chi connectivity index (χ0n) is 17.7. The average molecular weight is 418 g/mol. The van der Waals surface area contributed by atoms with E-state index in [0.717, 1.165) is 87.4 Å².